The van der Waals surface area contributed by atoms with E-state index in [1.54, 1.807) is 37.4 Å². The highest BCUT2D eigenvalue weighted by Crippen LogP contribution is 2.37. The largest absolute Gasteiger partial charge is 0.497 e. The zero-order chi connectivity index (χ0) is 26.0. The van der Waals surface area contributed by atoms with Crippen LogP contribution in [-0.4, -0.2) is 71.6 Å². The molecule has 0 radical (unpaired) electrons. The smallest absolute Gasteiger partial charge is 0.405 e. The van der Waals surface area contributed by atoms with Gasteiger partial charge in [-0.2, -0.15) is 15.0 Å². The number of methoxy groups -OCH3 is 2. The van der Waals surface area contributed by atoms with Crippen molar-refractivity contribution in [1.82, 2.24) is 25.2 Å². The van der Waals surface area contributed by atoms with E-state index in [1.807, 2.05) is 6.07 Å². The number of ether oxygens (including phenoxy) is 2. The Balaban J connectivity index is 1.74. The number of carbonyl (C=O) groups excluding carboxylic acids is 1. The van der Waals surface area contributed by atoms with Crippen molar-refractivity contribution in [2.24, 2.45) is 0 Å². The van der Waals surface area contributed by atoms with Crippen molar-refractivity contribution in [2.45, 2.75) is 70.7 Å². The second kappa shape index (κ2) is 10.2. The van der Waals surface area contributed by atoms with Crippen LogP contribution in [0, 0.1) is 0 Å². The van der Waals surface area contributed by atoms with Gasteiger partial charge >= 0.3 is 6.09 Å². The Kier molecular flexibility index (Phi) is 7.75. The van der Waals surface area contributed by atoms with Gasteiger partial charge in [0.05, 0.1) is 39.6 Å². The maximum Gasteiger partial charge on any atom is 0.405 e. The molecule has 2 amide bonds. The molecule has 0 bridgehead atoms. The van der Waals surface area contributed by atoms with Crippen molar-refractivity contribution in [3.8, 4) is 11.5 Å². The number of carbonyl (C=O) groups is 2. The molecule has 1 aliphatic rings. The lowest BCUT2D eigenvalue weighted by molar-refractivity contribution is -0.153. The first-order chi connectivity index (χ1) is 16.4. The number of amides is 2. The van der Waals surface area contributed by atoms with Crippen LogP contribution >= 0.6 is 0 Å². The average molecular weight is 506 g/mol. The molecular weight excluding hydrogens is 470 g/mol. The van der Waals surface area contributed by atoms with Gasteiger partial charge in [0.25, 0.3) is 0 Å². The summed E-state index contributed by atoms with van der Waals surface area (Å²) in [6.45, 7) is 11.7. The number of benzene rings is 1. The fourth-order valence-electron chi connectivity index (χ4n) is 3.59. The number of carboxylic acid groups (broad SMARTS) is 1. The third-order valence-electron chi connectivity index (χ3n) is 6.77. The summed E-state index contributed by atoms with van der Waals surface area (Å²) < 4.78 is 16.9. The molecule has 2 heterocycles. The van der Waals surface area contributed by atoms with Gasteiger partial charge in [-0.3, -0.25) is 4.79 Å². The highest BCUT2D eigenvalue weighted by molar-refractivity contribution is 6.74. The summed E-state index contributed by atoms with van der Waals surface area (Å²) in [4.78, 5) is 27.2. The van der Waals surface area contributed by atoms with E-state index < -0.39 is 26.5 Å². The molecule has 1 aromatic carbocycles. The fraction of sp³-hybridized carbons (Fsp3) is 0.565. The number of hydrogen-bond donors (Lipinski definition) is 2. The van der Waals surface area contributed by atoms with E-state index >= 15 is 0 Å². The molecule has 192 valence electrons. The SMILES string of the molecule is COc1ccc(CN2C(=O)[C@@H](NC(=O)O)[C@@H]2Cn2ncc(CO[Si](C)(C)C(C)(C)C)n2)c(OC)c1. The van der Waals surface area contributed by atoms with Crippen LogP contribution in [0.4, 0.5) is 4.79 Å². The quantitative estimate of drug-likeness (QED) is 0.373. The van der Waals surface area contributed by atoms with Gasteiger partial charge in [0.1, 0.15) is 23.2 Å². The Morgan fingerprint density at radius 2 is 1.94 bits per heavy atom. The summed E-state index contributed by atoms with van der Waals surface area (Å²) in [7, 11) is 1.17. The lowest BCUT2D eigenvalue weighted by Crippen LogP contribution is -2.71. The van der Waals surface area contributed by atoms with Gasteiger partial charge in [0, 0.05) is 18.2 Å². The maximum absolute atomic E-state index is 12.8. The number of hydrogen-bond acceptors (Lipinski definition) is 7. The Hall–Kier alpha value is -3.12. The molecule has 3 rings (SSSR count). The summed E-state index contributed by atoms with van der Waals surface area (Å²) in [5.74, 6) is 0.896. The van der Waals surface area contributed by atoms with Crippen LogP contribution in [0.25, 0.3) is 0 Å². The summed E-state index contributed by atoms with van der Waals surface area (Å²) in [5.41, 5.74) is 1.46. The van der Waals surface area contributed by atoms with Gasteiger partial charge in [-0.15, -0.1) is 0 Å². The molecule has 0 saturated carbocycles. The molecule has 2 N–H and O–H groups in total. The highest BCUT2D eigenvalue weighted by Gasteiger charge is 2.48. The van der Waals surface area contributed by atoms with Crippen LogP contribution in [0.1, 0.15) is 32.0 Å². The minimum Gasteiger partial charge on any atom is -0.497 e. The Morgan fingerprint density at radius 3 is 2.54 bits per heavy atom. The van der Waals surface area contributed by atoms with Crippen molar-refractivity contribution in [3.63, 3.8) is 0 Å². The van der Waals surface area contributed by atoms with Crippen LogP contribution < -0.4 is 14.8 Å². The highest BCUT2D eigenvalue weighted by atomic mass is 28.4. The lowest BCUT2D eigenvalue weighted by Gasteiger charge is -2.46. The fourth-order valence-corrected chi connectivity index (χ4v) is 4.53. The van der Waals surface area contributed by atoms with E-state index in [-0.39, 0.29) is 24.0 Å². The summed E-state index contributed by atoms with van der Waals surface area (Å²) in [6.07, 6.45) is 0.385. The van der Waals surface area contributed by atoms with Crippen LogP contribution in [0.3, 0.4) is 0 Å². The van der Waals surface area contributed by atoms with E-state index in [9.17, 15) is 14.7 Å². The van der Waals surface area contributed by atoms with E-state index in [0.717, 1.165) is 5.56 Å². The van der Waals surface area contributed by atoms with E-state index in [4.69, 9.17) is 13.9 Å². The number of nitrogens with one attached hydrogen (secondary N) is 1. The second-order valence-electron chi connectivity index (χ2n) is 10.1. The number of β-lactam (4-membered cyclic amide) rings is 1. The Bertz CT molecular complexity index is 1070. The third kappa shape index (κ3) is 5.93. The molecule has 0 aliphatic carbocycles. The van der Waals surface area contributed by atoms with Gasteiger partial charge in [-0.1, -0.05) is 20.8 Å². The van der Waals surface area contributed by atoms with Gasteiger partial charge in [-0.05, 0) is 30.3 Å². The van der Waals surface area contributed by atoms with E-state index in [2.05, 4.69) is 49.4 Å². The van der Waals surface area contributed by atoms with Crippen molar-refractivity contribution in [3.05, 3.63) is 35.7 Å². The lowest BCUT2D eigenvalue weighted by atomic mass is 9.94. The molecule has 1 aliphatic heterocycles. The predicted molar refractivity (Wildman–Crippen MR) is 131 cm³/mol. The maximum atomic E-state index is 12.8. The van der Waals surface area contributed by atoms with Crippen LogP contribution in [0.2, 0.25) is 18.1 Å². The van der Waals surface area contributed by atoms with Gasteiger partial charge in [0.2, 0.25) is 5.91 Å². The normalized spacial score (nSPS) is 18.3. The molecular formula is C23H35N5O6Si. The monoisotopic (exact) mass is 505 g/mol. The van der Waals surface area contributed by atoms with Crippen molar-refractivity contribution < 1.29 is 28.6 Å². The summed E-state index contributed by atoms with van der Waals surface area (Å²) >= 11 is 0. The van der Waals surface area contributed by atoms with E-state index in [0.29, 0.717) is 23.8 Å². The van der Waals surface area contributed by atoms with Crippen LogP contribution in [-0.2, 0) is 28.9 Å². The first-order valence-corrected chi connectivity index (χ1v) is 14.3. The van der Waals surface area contributed by atoms with Crippen LogP contribution in [0.5, 0.6) is 11.5 Å². The van der Waals surface area contributed by atoms with E-state index in [1.165, 1.54) is 4.80 Å². The first kappa shape index (κ1) is 26.5. The van der Waals surface area contributed by atoms with Gasteiger partial charge in [-0.25, -0.2) is 4.79 Å². The minimum absolute atomic E-state index is 0.0774. The average Bonchev–Trinajstić information content (AvgIpc) is 3.25. The number of nitrogens with zero attached hydrogens (tertiary/aromatic N) is 4. The summed E-state index contributed by atoms with van der Waals surface area (Å²) in [6, 6.07) is 4.00. The predicted octanol–water partition coefficient (Wildman–Crippen LogP) is 2.86. The molecule has 0 spiro atoms. The summed E-state index contributed by atoms with van der Waals surface area (Å²) in [5, 5.41) is 20.4. The molecule has 12 heteroatoms. The Morgan fingerprint density at radius 1 is 1.23 bits per heavy atom. The Labute approximate surface area is 206 Å². The first-order valence-electron chi connectivity index (χ1n) is 11.4. The van der Waals surface area contributed by atoms with Gasteiger partial charge < -0.3 is 29.2 Å². The molecule has 0 unspecified atom stereocenters. The minimum atomic E-state index is -1.94. The zero-order valence-electron chi connectivity index (χ0n) is 21.4. The molecule has 1 fully saturated rings. The van der Waals surface area contributed by atoms with Crippen molar-refractivity contribution in [1.29, 1.82) is 0 Å². The molecule has 2 atom stereocenters. The second-order valence-corrected chi connectivity index (χ2v) is 14.9. The van der Waals surface area contributed by atoms with Crippen LogP contribution in [0.15, 0.2) is 24.4 Å². The number of aromatic nitrogens is 3. The zero-order valence-corrected chi connectivity index (χ0v) is 22.4. The number of likely N-dealkylation sites (tertiary alicyclic amines) is 1. The molecule has 35 heavy (non-hydrogen) atoms. The molecule has 2 aromatic rings. The number of rotatable bonds is 10. The topological polar surface area (TPSA) is 128 Å². The van der Waals surface area contributed by atoms with Crippen molar-refractivity contribution in [2.75, 3.05) is 14.2 Å². The molecule has 1 aromatic heterocycles. The standard InChI is InChI=1S/C23H35N5O6Si/c1-23(2,3)35(6,7)34-14-16-11-24-28(26-16)13-18-20(25-22(30)31)21(29)27(18)12-15-8-9-17(32-4)10-19(15)33-5/h8-11,18,20,25H,12-14H2,1-7H3,(H,30,31)/t18-,20-/m0/s1. The molecule has 1 saturated heterocycles. The van der Waals surface area contributed by atoms with Crippen molar-refractivity contribution >= 4 is 20.3 Å². The van der Waals surface area contributed by atoms with Gasteiger partial charge in [0.15, 0.2) is 8.32 Å². The molecule has 11 nitrogen and oxygen atoms in total. The third-order valence-corrected chi connectivity index (χ3v) is 11.2.